The van der Waals surface area contributed by atoms with Gasteiger partial charge in [0.1, 0.15) is 7.61 Å². The van der Waals surface area contributed by atoms with Crippen LogP contribution in [0.3, 0.4) is 0 Å². The lowest BCUT2D eigenvalue weighted by Gasteiger charge is -1.84. The third-order valence-electron chi connectivity index (χ3n) is 1.34. The molecular formula is C7H7N3O. The van der Waals surface area contributed by atoms with E-state index in [4.69, 9.17) is 5.79 Å². The molecule has 0 spiro atoms. The summed E-state index contributed by atoms with van der Waals surface area (Å²) in [5, 5.41) is 3.96. The van der Waals surface area contributed by atoms with Gasteiger partial charge in [0.15, 0.2) is 0 Å². The van der Waals surface area contributed by atoms with E-state index < -0.39 is 0 Å². The molecule has 4 heteroatoms. The fourth-order valence-electron chi connectivity index (χ4n) is 0.859. The average Bonchev–Trinajstić information content (AvgIpc) is 2.58. The number of nitrogens with zero attached hydrogens (tertiary/aromatic N) is 3. The van der Waals surface area contributed by atoms with Gasteiger partial charge in [-0.15, -0.1) is 0 Å². The van der Waals surface area contributed by atoms with Crippen molar-refractivity contribution in [3.63, 3.8) is 0 Å². The summed E-state index contributed by atoms with van der Waals surface area (Å²) in [6, 6.07) is 0. The van der Waals surface area contributed by atoms with Gasteiger partial charge in [0.25, 0.3) is 0 Å². The van der Waals surface area contributed by atoms with Crippen LogP contribution >= 0.6 is 0 Å². The minimum atomic E-state index is 0.0638. The Kier molecular flexibility index (Phi) is 1.04. The Hall–Kier alpha value is -1.58. The van der Waals surface area contributed by atoms with Crippen LogP contribution < -0.4 is 0 Å². The highest BCUT2D eigenvalue weighted by molar-refractivity contribution is 5.49. The maximum Gasteiger partial charge on any atom is 0.229 e. The van der Waals surface area contributed by atoms with Gasteiger partial charge in [-0.1, -0.05) is 0 Å². The van der Waals surface area contributed by atoms with Crippen LogP contribution in [0.4, 0.5) is 0 Å². The highest BCUT2D eigenvalue weighted by Gasteiger charge is 2.02. The van der Waals surface area contributed by atoms with E-state index in [2.05, 4.69) is 10.1 Å². The highest BCUT2D eigenvalue weighted by Crippen LogP contribution is 2.14. The van der Waals surface area contributed by atoms with E-state index in [-0.39, 0.29) is 6.24 Å². The Balaban J connectivity index is 2.43. The van der Waals surface area contributed by atoms with E-state index in [1.807, 2.05) is 7.05 Å². The fourth-order valence-corrected chi connectivity index (χ4v) is 0.859. The Bertz CT molecular complexity index is 355. The largest absolute Gasteiger partial charge is 0.444 e. The van der Waals surface area contributed by atoms with Gasteiger partial charge >= 0.3 is 0 Å². The van der Waals surface area contributed by atoms with Crippen LogP contribution in [0.15, 0.2) is 29.2 Å². The first-order valence-corrected chi connectivity index (χ1v) is 3.17. The first-order valence-electron chi connectivity index (χ1n) is 3.67. The molecule has 11 heavy (non-hydrogen) atoms. The molecule has 0 aliphatic rings. The van der Waals surface area contributed by atoms with E-state index in [9.17, 15) is 0 Å². The summed E-state index contributed by atoms with van der Waals surface area (Å²) in [5.74, 6) is 0.438. The average molecular weight is 150 g/mol. The van der Waals surface area contributed by atoms with E-state index in [1.54, 1.807) is 17.1 Å². The van der Waals surface area contributed by atoms with Crippen LogP contribution in [-0.2, 0) is 7.05 Å². The van der Waals surface area contributed by atoms with E-state index in [0.717, 1.165) is 5.56 Å². The van der Waals surface area contributed by atoms with Gasteiger partial charge in [-0.3, -0.25) is 4.68 Å². The van der Waals surface area contributed by atoms with Gasteiger partial charge in [0, 0.05) is 13.2 Å². The van der Waals surface area contributed by atoms with Gasteiger partial charge < -0.3 is 4.42 Å². The second kappa shape index (κ2) is 2.23. The van der Waals surface area contributed by atoms with Crippen LogP contribution in [0, 0.1) is 0 Å². The van der Waals surface area contributed by atoms with Crippen molar-refractivity contribution in [3.05, 3.63) is 24.8 Å². The molecule has 0 amide bonds. The lowest BCUT2D eigenvalue weighted by Crippen LogP contribution is -1.84. The van der Waals surface area contributed by atoms with Crippen LogP contribution in [0.1, 0.15) is 1.37 Å². The second-order valence-electron chi connectivity index (χ2n) is 2.19. The maximum absolute atomic E-state index is 7.12. The SMILES string of the molecule is [2H]c1cnc(-c2cnn(C)c2)o1. The van der Waals surface area contributed by atoms with Crippen LogP contribution in [-0.4, -0.2) is 14.8 Å². The molecule has 0 atom stereocenters. The molecule has 0 saturated heterocycles. The van der Waals surface area contributed by atoms with Crippen LogP contribution in [0.25, 0.3) is 11.5 Å². The summed E-state index contributed by atoms with van der Waals surface area (Å²) in [6.45, 7) is 0. The summed E-state index contributed by atoms with van der Waals surface area (Å²) in [5.41, 5.74) is 0.788. The Morgan fingerprint density at radius 3 is 3.18 bits per heavy atom. The van der Waals surface area contributed by atoms with Crippen molar-refractivity contribution in [1.29, 1.82) is 0 Å². The third kappa shape index (κ3) is 1.02. The van der Waals surface area contributed by atoms with Crippen molar-refractivity contribution in [1.82, 2.24) is 14.8 Å². The smallest absolute Gasteiger partial charge is 0.229 e. The summed E-state index contributed by atoms with van der Waals surface area (Å²) in [6.07, 6.45) is 4.85. The molecule has 0 aliphatic carbocycles. The lowest BCUT2D eigenvalue weighted by molar-refractivity contribution is 0.574. The zero-order valence-electron chi connectivity index (χ0n) is 6.98. The zero-order chi connectivity index (χ0) is 8.55. The van der Waals surface area contributed by atoms with Crippen molar-refractivity contribution in [2.75, 3.05) is 0 Å². The van der Waals surface area contributed by atoms with E-state index in [1.165, 1.54) is 6.20 Å². The number of oxazole rings is 1. The fraction of sp³-hybridized carbons (Fsp3) is 0.143. The summed E-state index contributed by atoms with van der Waals surface area (Å²) < 4.78 is 13.8. The first-order chi connectivity index (χ1) is 5.75. The molecule has 2 rings (SSSR count). The molecule has 2 heterocycles. The minimum Gasteiger partial charge on any atom is -0.444 e. The summed E-state index contributed by atoms with van der Waals surface area (Å²) in [7, 11) is 1.81. The summed E-state index contributed by atoms with van der Waals surface area (Å²) in [4.78, 5) is 3.89. The highest BCUT2D eigenvalue weighted by atomic mass is 16.3. The molecule has 0 fully saturated rings. The summed E-state index contributed by atoms with van der Waals surface area (Å²) >= 11 is 0. The normalized spacial score (nSPS) is 11.5. The number of aromatic nitrogens is 3. The molecule has 0 unspecified atom stereocenters. The molecule has 56 valence electrons. The molecule has 0 radical (unpaired) electrons. The second-order valence-corrected chi connectivity index (χ2v) is 2.19. The molecule has 2 aromatic rings. The molecule has 4 nitrogen and oxygen atoms in total. The molecule has 0 saturated carbocycles. The van der Waals surface area contributed by atoms with Gasteiger partial charge in [-0.2, -0.15) is 5.10 Å². The predicted molar refractivity (Wildman–Crippen MR) is 38.7 cm³/mol. The van der Waals surface area contributed by atoms with E-state index >= 15 is 0 Å². The van der Waals surface area contributed by atoms with Crippen molar-refractivity contribution in [2.45, 2.75) is 0 Å². The lowest BCUT2D eigenvalue weighted by atomic mass is 10.4. The van der Waals surface area contributed by atoms with Gasteiger partial charge in [-0.25, -0.2) is 4.98 Å². The van der Waals surface area contributed by atoms with Crippen molar-refractivity contribution in [3.8, 4) is 11.5 Å². The maximum atomic E-state index is 7.12. The Morgan fingerprint density at radius 1 is 1.73 bits per heavy atom. The molecular weight excluding hydrogens is 142 g/mol. The molecule has 2 aromatic heterocycles. The van der Waals surface area contributed by atoms with Gasteiger partial charge in [-0.05, 0) is 0 Å². The predicted octanol–water partition coefficient (Wildman–Crippen LogP) is 1.08. The quantitative estimate of drug-likeness (QED) is 0.610. The molecule has 0 bridgehead atoms. The Labute approximate surface area is 64.9 Å². The van der Waals surface area contributed by atoms with Gasteiger partial charge in [0.05, 0.1) is 18.0 Å². The Morgan fingerprint density at radius 2 is 2.64 bits per heavy atom. The van der Waals surface area contributed by atoms with E-state index in [0.29, 0.717) is 5.89 Å². The van der Waals surface area contributed by atoms with Crippen molar-refractivity contribution >= 4 is 0 Å². The van der Waals surface area contributed by atoms with Crippen LogP contribution in [0.2, 0.25) is 0 Å². The standard InChI is InChI=1S/C7H7N3O/c1-10-5-6(4-9-10)7-8-2-3-11-7/h2-5H,1H3/i3D. The molecule has 0 N–H and O–H groups in total. The number of hydrogen-bond donors (Lipinski definition) is 0. The number of rotatable bonds is 1. The van der Waals surface area contributed by atoms with Crippen molar-refractivity contribution in [2.24, 2.45) is 7.05 Å². The number of aryl methyl sites for hydroxylation is 1. The molecule has 0 aliphatic heterocycles. The van der Waals surface area contributed by atoms with Gasteiger partial charge in [0.2, 0.25) is 5.89 Å². The molecule has 0 aromatic carbocycles. The zero-order valence-corrected chi connectivity index (χ0v) is 5.98. The minimum absolute atomic E-state index is 0.0638. The third-order valence-corrected chi connectivity index (χ3v) is 1.34. The van der Waals surface area contributed by atoms with Crippen LogP contribution in [0.5, 0.6) is 0 Å². The first kappa shape index (κ1) is 5.12. The van der Waals surface area contributed by atoms with Crippen molar-refractivity contribution < 1.29 is 5.79 Å². The number of hydrogen-bond acceptors (Lipinski definition) is 3. The topological polar surface area (TPSA) is 43.9 Å². The monoisotopic (exact) mass is 150 g/mol.